The lowest BCUT2D eigenvalue weighted by atomic mass is 9.90. The van der Waals surface area contributed by atoms with E-state index in [-0.39, 0.29) is 11.6 Å². The van der Waals surface area contributed by atoms with Crippen LogP contribution in [0.1, 0.15) is 28.3 Å². The van der Waals surface area contributed by atoms with Crippen LogP contribution in [-0.2, 0) is 0 Å². The molecular formula is C19H18F2N4O. The van der Waals surface area contributed by atoms with Gasteiger partial charge in [0, 0.05) is 24.7 Å². The van der Waals surface area contributed by atoms with E-state index < -0.39 is 17.9 Å². The predicted molar refractivity (Wildman–Crippen MR) is 94.7 cm³/mol. The van der Waals surface area contributed by atoms with Gasteiger partial charge in [-0.15, -0.1) is 0 Å². The third-order valence-corrected chi connectivity index (χ3v) is 4.79. The van der Waals surface area contributed by atoms with Gasteiger partial charge in [0.2, 0.25) is 0 Å². The molecule has 134 valence electrons. The van der Waals surface area contributed by atoms with Crippen LogP contribution in [0.2, 0.25) is 0 Å². The Labute approximate surface area is 148 Å². The number of primary amides is 1. The standard InChI is InChI=1S/C19H18F2N4O/c20-14-6-13(8-23-9-14)11-4-5-17(16(21)7-11)25-10-12-2-1-3-15(19(22)26)18(12)24-25/h1-5,7,10,13-14,23H,6,8-9H2,(H2,22,26)/t13-,14+/m1/s1. The van der Waals surface area contributed by atoms with Gasteiger partial charge in [0.15, 0.2) is 0 Å². The molecule has 0 saturated carbocycles. The van der Waals surface area contributed by atoms with Gasteiger partial charge in [-0.2, -0.15) is 5.10 Å². The number of nitrogens with one attached hydrogen (secondary N) is 1. The number of amides is 1. The van der Waals surface area contributed by atoms with Gasteiger partial charge in [-0.05, 0) is 36.1 Å². The fourth-order valence-electron chi connectivity index (χ4n) is 3.47. The first-order valence-electron chi connectivity index (χ1n) is 8.45. The summed E-state index contributed by atoms with van der Waals surface area (Å²) in [6, 6.07) is 9.93. The molecule has 7 heteroatoms. The van der Waals surface area contributed by atoms with Crippen molar-refractivity contribution in [2.45, 2.75) is 18.5 Å². The highest BCUT2D eigenvalue weighted by Crippen LogP contribution is 2.28. The molecule has 1 aliphatic heterocycles. The number of alkyl halides is 1. The van der Waals surface area contributed by atoms with E-state index in [0.717, 1.165) is 5.56 Å². The highest BCUT2D eigenvalue weighted by Gasteiger charge is 2.23. The van der Waals surface area contributed by atoms with E-state index >= 15 is 0 Å². The van der Waals surface area contributed by atoms with Crippen molar-refractivity contribution in [2.75, 3.05) is 13.1 Å². The normalized spacial score (nSPS) is 20.4. The number of rotatable bonds is 3. The Morgan fingerprint density at radius 2 is 2.12 bits per heavy atom. The predicted octanol–water partition coefficient (Wildman–Crippen LogP) is 2.68. The van der Waals surface area contributed by atoms with Crippen LogP contribution in [0.15, 0.2) is 42.6 Å². The Kier molecular flexibility index (Phi) is 4.16. The first kappa shape index (κ1) is 16.7. The number of hydrogen-bond donors (Lipinski definition) is 2. The quantitative estimate of drug-likeness (QED) is 0.758. The lowest BCUT2D eigenvalue weighted by Crippen LogP contribution is -2.36. The van der Waals surface area contributed by atoms with E-state index in [1.165, 1.54) is 10.7 Å². The average molecular weight is 356 g/mol. The number of fused-ring (bicyclic) bond motifs is 1. The zero-order chi connectivity index (χ0) is 18.3. The van der Waals surface area contributed by atoms with Crippen molar-refractivity contribution < 1.29 is 13.6 Å². The van der Waals surface area contributed by atoms with Gasteiger partial charge in [-0.3, -0.25) is 4.79 Å². The van der Waals surface area contributed by atoms with E-state index in [1.807, 2.05) is 0 Å². The van der Waals surface area contributed by atoms with E-state index in [9.17, 15) is 13.6 Å². The topological polar surface area (TPSA) is 72.9 Å². The summed E-state index contributed by atoms with van der Waals surface area (Å²) in [6.45, 7) is 0.978. The van der Waals surface area contributed by atoms with Gasteiger partial charge in [0.05, 0.1) is 5.56 Å². The van der Waals surface area contributed by atoms with Gasteiger partial charge in [-0.25, -0.2) is 13.5 Å². The molecule has 1 aromatic heterocycles. The molecule has 1 saturated heterocycles. The van der Waals surface area contributed by atoms with Crippen LogP contribution in [0.25, 0.3) is 16.6 Å². The molecule has 0 bridgehead atoms. The minimum Gasteiger partial charge on any atom is -0.366 e. The van der Waals surface area contributed by atoms with Gasteiger partial charge >= 0.3 is 0 Å². The monoisotopic (exact) mass is 356 g/mol. The van der Waals surface area contributed by atoms with Crippen molar-refractivity contribution in [3.05, 3.63) is 59.5 Å². The molecule has 1 aliphatic rings. The Balaban J connectivity index is 1.71. The first-order chi connectivity index (χ1) is 12.5. The van der Waals surface area contributed by atoms with Crippen LogP contribution < -0.4 is 11.1 Å². The average Bonchev–Trinajstić information content (AvgIpc) is 3.05. The van der Waals surface area contributed by atoms with Crippen molar-refractivity contribution >= 4 is 16.8 Å². The second kappa shape index (κ2) is 6.49. The first-order valence-corrected chi connectivity index (χ1v) is 8.45. The zero-order valence-corrected chi connectivity index (χ0v) is 14.0. The SMILES string of the molecule is NC(=O)c1cccc2cn(-c3ccc([C@H]4CNC[C@@H](F)C4)cc3F)nc12. The highest BCUT2D eigenvalue weighted by atomic mass is 19.1. The number of aromatic nitrogens is 2. The van der Waals surface area contributed by atoms with Crippen molar-refractivity contribution in [1.82, 2.24) is 15.1 Å². The summed E-state index contributed by atoms with van der Waals surface area (Å²) in [6.07, 6.45) is 1.12. The van der Waals surface area contributed by atoms with Crippen LogP contribution in [-0.4, -0.2) is 34.9 Å². The molecule has 0 spiro atoms. The summed E-state index contributed by atoms with van der Waals surface area (Å²) in [4.78, 5) is 11.5. The number of nitrogens with two attached hydrogens (primary N) is 1. The molecule has 1 amide bonds. The number of carbonyl (C=O) groups excluding carboxylic acids is 1. The molecule has 2 heterocycles. The molecule has 4 rings (SSSR count). The molecule has 0 radical (unpaired) electrons. The van der Waals surface area contributed by atoms with Crippen molar-refractivity contribution in [3.8, 4) is 5.69 Å². The van der Waals surface area contributed by atoms with Crippen LogP contribution in [0.4, 0.5) is 8.78 Å². The minimum absolute atomic E-state index is 0.0551. The number of halogens is 2. The van der Waals surface area contributed by atoms with Crippen molar-refractivity contribution in [1.29, 1.82) is 0 Å². The molecule has 0 unspecified atom stereocenters. The lowest BCUT2D eigenvalue weighted by Gasteiger charge is -2.26. The summed E-state index contributed by atoms with van der Waals surface area (Å²) in [5, 5.41) is 8.04. The number of carbonyl (C=O) groups is 1. The summed E-state index contributed by atoms with van der Waals surface area (Å²) >= 11 is 0. The molecule has 3 N–H and O–H groups in total. The molecule has 26 heavy (non-hydrogen) atoms. The molecular weight excluding hydrogens is 338 g/mol. The lowest BCUT2D eigenvalue weighted by molar-refractivity contribution is 0.100. The molecule has 2 atom stereocenters. The van der Waals surface area contributed by atoms with Crippen LogP contribution in [0, 0.1) is 5.82 Å². The van der Waals surface area contributed by atoms with E-state index in [0.29, 0.717) is 36.0 Å². The van der Waals surface area contributed by atoms with E-state index in [2.05, 4.69) is 10.4 Å². The van der Waals surface area contributed by atoms with Crippen molar-refractivity contribution in [3.63, 3.8) is 0 Å². The third-order valence-electron chi connectivity index (χ3n) is 4.79. The maximum Gasteiger partial charge on any atom is 0.250 e. The van der Waals surface area contributed by atoms with Gasteiger partial charge in [0.1, 0.15) is 23.2 Å². The van der Waals surface area contributed by atoms with E-state index in [1.54, 1.807) is 36.5 Å². The van der Waals surface area contributed by atoms with Crippen molar-refractivity contribution in [2.24, 2.45) is 5.73 Å². The van der Waals surface area contributed by atoms with Crippen LogP contribution in [0.3, 0.4) is 0 Å². The maximum absolute atomic E-state index is 14.7. The third kappa shape index (κ3) is 2.94. The Morgan fingerprint density at radius 1 is 1.27 bits per heavy atom. The molecule has 5 nitrogen and oxygen atoms in total. The summed E-state index contributed by atoms with van der Waals surface area (Å²) in [5.41, 5.74) is 7.12. The van der Waals surface area contributed by atoms with Gasteiger partial charge in [-0.1, -0.05) is 18.2 Å². The molecule has 1 fully saturated rings. The number of benzene rings is 2. The fraction of sp³-hybridized carbons (Fsp3) is 0.263. The number of piperidine rings is 1. The van der Waals surface area contributed by atoms with Gasteiger partial charge in [0.25, 0.3) is 5.91 Å². The van der Waals surface area contributed by atoms with Crippen LogP contribution in [0.5, 0.6) is 0 Å². The minimum atomic E-state index is -0.917. The maximum atomic E-state index is 14.7. The number of hydrogen-bond acceptors (Lipinski definition) is 3. The second-order valence-electron chi connectivity index (χ2n) is 6.58. The summed E-state index contributed by atoms with van der Waals surface area (Å²) in [5.74, 6) is -1.08. The Hall–Kier alpha value is -2.80. The Morgan fingerprint density at radius 3 is 2.85 bits per heavy atom. The molecule has 2 aromatic carbocycles. The zero-order valence-electron chi connectivity index (χ0n) is 14.0. The van der Waals surface area contributed by atoms with E-state index in [4.69, 9.17) is 5.73 Å². The second-order valence-corrected chi connectivity index (χ2v) is 6.58. The number of nitrogens with zero attached hydrogens (tertiary/aromatic N) is 2. The van der Waals surface area contributed by atoms with Crippen LogP contribution >= 0.6 is 0 Å². The Bertz CT molecular complexity index is 985. The largest absolute Gasteiger partial charge is 0.366 e. The highest BCUT2D eigenvalue weighted by molar-refractivity contribution is 6.04. The summed E-state index contributed by atoms with van der Waals surface area (Å²) in [7, 11) is 0. The summed E-state index contributed by atoms with van der Waals surface area (Å²) < 4.78 is 29.7. The fourth-order valence-corrected chi connectivity index (χ4v) is 3.47. The van der Waals surface area contributed by atoms with Gasteiger partial charge < -0.3 is 11.1 Å². The molecule has 0 aliphatic carbocycles. The molecule has 3 aromatic rings. The smallest absolute Gasteiger partial charge is 0.250 e.